The number of likely N-dealkylation sites (tertiary alicyclic amines) is 1. The molecule has 3 heterocycles. The Morgan fingerprint density at radius 2 is 2.18 bits per heavy atom. The third-order valence-electron chi connectivity index (χ3n) is 5.06. The van der Waals surface area contributed by atoms with Crippen molar-refractivity contribution in [1.82, 2.24) is 25.2 Å². The van der Waals surface area contributed by atoms with Gasteiger partial charge in [-0.1, -0.05) is 12.1 Å². The number of nitrogens with zero attached hydrogens (tertiary/aromatic N) is 4. The summed E-state index contributed by atoms with van der Waals surface area (Å²) in [6.45, 7) is 0.863. The van der Waals surface area contributed by atoms with Crippen LogP contribution in [-0.4, -0.2) is 45.5 Å². The lowest BCUT2D eigenvalue weighted by molar-refractivity contribution is 0.153. The summed E-state index contributed by atoms with van der Waals surface area (Å²) in [6, 6.07) is 13.1. The van der Waals surface area contributed by atoms with E-state index in [1.54, 1.807) is 12.1 Å². The third-order valence-corrected chi connectivity index (χ3v) is 5.06. The number of anilines is 1. The van der Waals surface area contributed by atoms with E-state index >= 15 is 0 Å². The zero-order chi connectivity index (χ0) is 19.5. The van der Waals surface area contributed by atoms with Gasteiger partial charge in [-0.05, 0) is 44.2 Å². The number of urea groups is 1. The van der Waals surface area contributed by atoms with Gasteiger partial charge in [0.05, 0.1) is 22.6 Å². The number of nitrogens with one attached hydrogen (secondary N) is 3. The van der Waals surface area contributed by atoms with Gasteiger partial charge in [-0.25, -0.2) is 14.8 Å². The number of rotatable bonds is 3. The molecule has 1 fully saturated rings. The number of hydrogen-bond donors (Lipinski definition) is 3. The molecule has 142 valence electrons. The van der Waals surface area contributed by atoms with Crippen molar-refractivity contribution in [3.8, 4) is 6.07 Å². The lowest BCUT2D eigenvalue weighted by Crippen LogP contribution is -2.46. The highest BCUT2D eigenvalue weighted by Crippen LogP contribution is 2.29. The summed E-state index contributed by atoms with van der Waals surface area (Å²) in [4.78, 5) is 26.8. The second-order valence-corrected chi connectivity index (χ2v) is 7.00. The largest absolute Gasteiger partial charge is 0.341 e. The minimum absolute atomic E-state index is 0.0350. The standard InChI is InChI=1S/C20H21N7O/c1-27-9-8-14(23-20(28)26-18-7-6-13(11-21)12-22-18)10-17(27)19-24-15-4-2-3-5-16(15)25-19/h2-7,12,14,17H,8-10H2,1H3,(H,24,25)(H2,22,23,26,28). The fourth-order valence-corrected chi connectivity index (χ4v) is 3.54. The van der Waals surface area contributed by atoms with Gasteiger partial charge in [-0.2, -0.15) is 5.26 Å². The van der Waals surface area contributed by atoms with Crippen LogP contribution in [0.2, 0.25) is 0 Å². The number of carbonyl (C=O) groups excluding carboxylic acids is 1. The van der Waals surface area contributed by atoms with Crippen LogP contribution in [0.15, 0.2) is 42.6 Å². The van der Waals surface area contributed by atoms with E-state index in [0.717, 1.165) is 36.2 Å². The van der Waals surface area contributed by atoms with E-state index in [9.17, 15) is 4.79 Å². The van der Waals surface area contributed by atoms with Crippen LogP contribution < -0.4 is 10.6 Å². The van der Waals surface area contributed by atoms with Crippen molar-refractivity contribution < 1.29 is 4.79 Å². The minimum Gasteiger partial charge on any atom is -0.341 e. The average Bonchev–Trinajstić information content (AvgIpc) is 3.14. The van der Waals surface area contributed by atoms with Gasteiger partial charge >= 0.3 is 6.03 Å². The zero-order valence-corrected chi connectivity index (χ0v) is 15.5. The van der Waals surface area contributed by atoms with Crippen molar-refractivity contribution >= 4 is 22.9 Å². The Morgan fingerprint density at radius 1 is 1.32 bits per heavy atom. The first kappa shape index (κ1) is 17.9. The number of carbonyl (C=O) groups is 1. The molecule has 28 heavy (non-hydrogen) atoms. The maximum absolute atomic E-state index is 12.3. The van der Waals surface area contributed by atoms with Gasteiger partial charge in [0.25, 0.3) is 0 Å². The molecule has 0 radical (unpaired) electrons. The number of H-pyrrole nitrogens is 1. The molecule has 0 spiro atoms. The van der Waals surface area contributed by atoms with Gasteiger partial charge in [-0.3, -0.25) is 10.2 Å². The number of benzene rings is 1. The van der Waals surface area contributed by atoms with Crippen molar-refractivity contribution in [2.75, 3.05) is 18.9 Å². The molecule has 1 aliphatic rings. The van der Waals surface area contributed by atoms with Crippen LogP contribution in [0.1, 0.15) is 30.3 Å². The zero-order valence-electron chi connectivity index (χ0n) is 15.5. The molecule has 2 aromatic heterocycles. The highest BCUT2D eigenvalue weighted by molar-refractivity contribution is 5.88. The molecule has 0 aliphatic carbocycles. The molecular weight excluding hydrogens is 354 g/mol. The van der Waals surface area contributed by atoms with E-state index in [1.807, 2.05) is 30.3 Å². The molecule has 3 N–H and O–H groups in total. The van der Waals surface area contributed by atoms with Gasteiger partial charge in [0, 0.05) is 18.8 Å². The van der Waals surface area contributed by atoms with Crippen LogP contribution in [0.5, 0.6) is 0 Å². The number of piperidine rings is 1. The Bertz CT molecular complexity index is 988. The van der Waals surface area contributed by atoms with Gasteiger partial charge in [0.2, 0.25) is 0 Å². The second kappa shape index (κ2) is 7.66. The third kappa shape index (κ3) is 3.80. The Labute approximate surface area is 162 Å². The number of amides is 2. The fraction of sp³-hybridized carbons (Fsp3) is 0.300. The summed E-state index contributed by atoms with van der Waals surface area (Å²) in [6.07, 6.45) is 3.06. The molecule has 1 aliphatic heterocycles. The predicted molar refractivity (Wildman–Crippen MR) is 106 cm³/mol. The minimum atomic E-state index is -0.296. The van der Waals surface area contributed by atoms with Crippen LogP contribution >= 0.6 is 0 Å². The Morgan fingerprint density at radius 3 is 2.93 bits per heavy atom. The molecular formula is C20H21N7O. The first-order valence-corrected chi connectivity index (χ1v) is 9.21. The number of aromatic nitrogens is 3. The monoisotopic (exact) mass is 375 g/mol. The number of fused-ring (bicyclic) bond motifs is 1. The number of pyridine rings is 1. The van der Waals surface area contributed by atoms with Crippen LogP contribution in [0.4, 0.5) is 10.6 Å². The number of aromatic amines is 1. The molecule has 1 aromatic carbocycles. The van der Waals surface area contributed by atoms with Gasteiger partial charge < -0.3 is 10.3 Å². The van der Waals surface area contributed by atoms with E-state index in [0.29, 0.717) is 11.4 Å². The SMILES string of the molecule is CN1CCC(NC(=O)Nc2ccc(C#N)cn2)CC1c1nc2ccccc2[nH]1. The van der Waals surface area contributed by atoms with Crippen LogP contribution in [0.3, 0.4) is 0 Å². The second-order valence-electron chi connectivity index (χ2n) is 7.00. The number of para-hydroxylation sites is 2. The maximum Gasteiger partial charge on any atom is 0.320 e. The normalized spacial score (nSPS) is 19.9. The fourth-order valence-electron chi connectivity index (χ4n) is 3.54. The van der Waals surface area contributed by atoms with E-state index in [4.69, 9.17) is 10.2 Å². The Hall–Kier alpha value is -3.44. The number of hydrogen-bond acceptors (Lipinski definition) is 5. The van der Waals surface area contributed by atoms with Crippen LogP contribution in [0.25, 0.3) is 11.0 Å². The van der Waals surface area contributed by atoms with E-state index in [2.05, 4.69) is 32.5 Å². The Kier molecular flexibility index (Phi) is 4.91. The molecule has 0 bridgehead atoms. The van der Waals surface area contributed by atoms with Gasteiger partial charge in [0.15, 0.2) is 0 Å². The molecule has 2 amide bonds. The smallest absolute Gasteiger partial charge is 0.320 e. The highest BCUT2D eigenvalue weighted by atomic mass is 16.2. The molecule has 4 rings (SSSR count). The molecule has 2 unspecified atom stereocenters. The molecule has 8 nitrogen and oxygen atoms in total. The summed E-state index contributed by atoms with van der Waals surface area (Å²) in [7, 11) is 2.08. The van der Waals surface area contributed by atoms with Crippen molar-refractivity contribution in [1.29, 1.82) is 5.26 Å². The lowest BCUT2D eigenvalue weighted by atomic mass is 9.97. The molecule has 1 saturated heterocycles. The Balaban J connectivity index is 1.41. The van der Waals surface area contributed by atoms with Crippen LogP contribution in [-0.2, 0) is 0 Å². The van der Waals surface area contributed by atoms with E-state index < -0.39 is 0 Å². The highest BCUT2D eigenvalue weighted by Gasteiger charge is 2.30. The summed E-state index contributed by atoms with van der Waals surface area (Å²) in [5.41, 5.74) is 2.42. The summed E-state index contributed by atoms with van der Waals surface area (Å²) in [5.74, 6) is 1.34. The van der Waals surface area contributed by atoms with E-state index in [1.165, 1.54) is 6.20 Å². The van der Waals surface area contributed by atoms with Crippen molar-refractivity contribution in [2.24, 2.45) is 0 Å². The van der Waals surface area contributed by atoms with Gasteiger partial charge in [0.1, 0.15) is 17.7 Å². The van der Waals surface area contributed by atoms with Crippen molar-refractivity contribution in [2.45, 2.75) is 24.9 Å². The maximum atomic E-state index is 12.3. The average molecular weight is 375 g/mol. The lowest BCUT2D eigenvalue weighted by Gasteiger charge is -2.36. The molecule has 0 saturated carbocycles. The first-order chi connectivity index (χ1) is 13.6. The van der Waals surface area contributed by atoms with Crippen molar-refractivity contribution in [3.63, 3.8) is 0 Å². The summed E-state index contributed by atoms with van der Waals surface area (Å²) in [5, 5.41) is 14.6. The molecule has 2 atom stereocenters. The quantitative estimate of drug-likeness (QED) is 0.652. The molecule has 8 heteroatoms. The van der Waals surface area contributed by atoms with E-state index in [-0.39, 0.29) is 18.1 Å². The summed E-state index contributed by atoms with van der Waals surface area (Å²) < 4.78 is 0. The molecule has 3 aromatic rings. The predicted octanol–water partition coefficient (Wildman–Crippen LogP) is 2.79. The van der Waals surface area contributed by atoms with Crippen molar-refractivity contribution in [3.05, 3.63) is 54.0 Å². The number of nitriles is 1. The van der Waals surface area contributed by atoms with Crippen LogP contribution in [0, 0.1) is 11.3 Å². The van der Waals surface area contributed by atoms with Gasteiger partial charge in [-0.15, -0.1) is 0 Å². The summed E-state index contributed by atoms with van der Waals surface area (Å²) >= 11 is 0. The number of imidazole rings is 1. The topological polar surface area (TPSA) is 110 Å². The first-order valence-electron chi connectivity index (χ1n) is 9.21.